The van der Waals surface area contributed by atoms with Crippen LogP contribution in [-0.2, 0) is 9.53 Å². The van der Waals surface area contributed by atoms with Gasteiger partial charge >= 0.3 is 0 Å². The quantitative estimate of drug-likeness (QED) is 0.741. The summed E-state index contributed by atoms with van der Waals surface area (Å²) in [6, 6.07) is 10.3. The maximum absolute atomic E-state index is 13.4. The van der Waals surface area contributed by atoms with Crippen LogP contribution in [0.25, 0.3) is 0 Å². The first-order valence-electron chi connectivity index (χ1n) is 11.1. The Bertz CT molecular complexity index is 794. The molecule has 1 N–H and O–H groups in total. The highest BCUT2D eigenvalue weighted by molar-refractivity contribution is 5.86. The molecule has 1 aliphatic heterocycles. The first-order valence-corrected chi connectivity index (χ1v) is 11.1. The van der Waals surface area contributed by atoms with Crippen molar-refractivity contribution in [1.82, 2.24) is 10.2 Å². The van der Waals surface area contributed by atoms with Crippen molar-refractivity contribution >= 4 is 5.91 Å². The molecule has 30 heavy (non-hydrogen) atoms. The topological polar surface area (TPSA) is 54.7 Å². The van der Waals surface area contributed by atoms with Crippen LogP contribution in [0.2, 0.25) is 0 Å². The summed E-state index contributed by atoms with van der Waals surface area (Å²) in [6.07, 6.45) is 7.57. The molecule has 0 bridgehead atoms. The minimum absolute atomic E-state index is 0.0217. The molecule has 0 radical (unpaired) electrons. The second-order valence-corrected chi connectivity index (χ2v) is 8.36. The largest absolute Gasteiger partial charge is 0.469 e. The van der Waals surface area contributed by atoms with Gasteiger partial charge in [0.15, 0.2) is 0 Å². The molecule has 1 amide bonds. The molecule has 1 atom stereocenters. The van der Waals surface area contributed by atoms with Crippen molar-refractivity contribution in [2.45, 2.75) is 50.0 Å². The van der Waals surface area contributed by atoms with Gasteiger partial charge in [-0.15, -0.1) is 0 Å². The van der Waals surface area contributed by atoms with Crippen LogP contribution in [0.1, 0.15) is 55.8 Å². The van der Waals surface area contributed by atoms with E-state index in [1.54, 1.807) is 18.4 Å². The Labute approximate surface area is 177 Å². The summed E-state index contributed by atoms with van der Waals surface area (Å²) in [7, 11) is 0. The van der Waals surface area contributed by atoms with Gasteiger partial charge in [0.1, 0.15) is 17.1 Å². The van der Waals surface area contributed by atoms with Gasteiger partial charge < -0.3 is 14.5 Å². The van der Waals surface area contributed by atoms with Crippen molar-refractivity contribution in [1.29, 1.82) is 0 Å². The number of nitrogens with zero attached hydrogens (tertiary/aromatic N) is 1. The summed E-state index contributed by atoms with van der Waals surface area (Å²) in [5.74, 6) is 0.694. The molecular formula is C24H31FN2O3. The number of hydrogen-bond acceptors (Lipinski definition) is 4. The van der Waals surface area contributed by atoms with E-state index < -0.39 is 5.54 Å². The fourth-order valence-corrected chi connectivity index (χ4v) is 4.97. The van der Waals surface area contributed by atoms with Crippen molar-refractivity contribution in [3.05, 3.63) is 59.8 Å². The highest BCUT2D eigenvalue weighted by atomic mass is 19.1. The van der Waals surface area contributed by atoms with E-state index in [1.165, 1.54) is 18.6 Å². The van der Waals surface area contributed by atoms with Gasteiger partial charge in [-0.3, -0.25) is 9.69 Å². The number of furan rings is 1. The average molecular weight is 415 g/mol. The summed E-state index contributed by atoms with van der Waals surface area (Å²) in [5.41, 5.74) is 0.583. The maximum atomic E-state index is 13.4. The van der Waals surface area contributed by atoms with Crippen LogP contribution < -0.4 is 5.32 Å². The second kappa shape index (κ2) is 9.75. The lowest BCUT2D eigenvalue weighted by Gasteiger charge is -2.46. The standard InChI is InChI=1S/C24H31FN2O3/c25-20-8-6-19(7-9-20)21(22-5-4-16-30-22)10-13-26-23(28)24(11-2-1-3-12-24)27-14-17-29-18-15-27/h4-9,16,21H,1-3,10-15,17-18H2,(H,26,28)/t21-/m1/s1. The van der Waals surface area contributed by atoms with Gasteiger partial charge in [0.25, 0.3) is 0 Å². The Morgan fingerprint density at radius 2 is 1.83 bits per heavy atom. The smallest absolute Gasteiger partial charge is 0.240 e. The third-order valence-electron chi connectivity index (χ3n) is 6.60. The Hall–Kier alpha value is -2.18. The van der Waals surface area contributed by atoms with Gasteiger partial charge in [-0.2, -0.15) is 0 Å². The summed E-state index contributed by atoms with van der Waals surface area (Å²) in [6.45, 7) is 3.57. The molecule has 6 heteroatoms. The number of ether oxygens (including phenoxy) is 1. The first-order chi connectivity index (χ1) is 14.7. The van der Waals surface area contributed by atoms with Crippen LogP contribution in [0.5, 0.6) is 0 Å². The molecule has 2 aliphatic rings. The van der Waals surface area contributed by atoms with E-state index in [-0.39, 0.29) is 17.6 Å². The van der Waals surface area contributed by atoms with Crippen LogP contribution in [-0.4, -0.2) is 49.2 Å². The SMILES string of the molecule is O=C(NCC[C@H](c1ccc(F)cc1)c1ccco1)C1(N2CCOCC2)CCCCC1. The molecule has 1 saturated carbocycles. The number of carbonyl (C=O) groups is 1. The lowest BCUT2D eigenvalue weighted by atomic mass is 9.79. The van der Waals surface area contributed by atoms with E-state index in [0.29, 0.717) is 26.2 Å². The van der Waals surface area contributed by atoms with Crippen LogP contribution in [0.4, 0.5) is 4.39 Å². The molecule has 2 fully saturated rings. The number of rotatable bonds is 7. The van der Waals surface area contributed by atoms with Crippen molar-refractivity contribution in [2.24, 2.45) is 0 Å². The molecule has 4 rings (SSSR count). The van der Waals surface area contributed by atoms with Crippen molar-refractivity contribution in [2.75, 3.05) is 32.8 Å². The van der Waals surface area contributed by atoms with Crippen molar-refractivity contribution < 1.29 is 18.3 Å². The van der Waals surface area contributed by atoms with E-state index in [0.717, 1.165) is 50.1 Å². The van der Waals surface area contributed by atoms with Crippen molar-refractivity contribution in [3.8, 4) is 0 Å². The fraction of sp³-hybridized carbons (Fsp3) is 0.542. The Morgan fingerprint density at radius 3 is 2.50 bits per heavy atom. The maximum Gasteiger partial charge on any atom is 0.240 e. The molecule has 1 saturated heterocycles. The predicted octanol–water partition coefficient (Wildman–Crippen LogP) is 4.09. The van der Waals surface area contributed by atoms with Crippen molar-refractivity contribution in [3.63, 3.8) is 0 Å². The molecule has 1 aromatic heterocycles. The number of morpholine rings is 1. The zero-order chi connectivity index (χ0) is 20.8. The lowest BCUT2D eigenvalue weighted by molar-refractivity contribution is -0.140. The van der Waals surface area contributed by atoms with E-state index in [4.69, 9.17) is 9.15 Å². The van der Waals surface area contributed by atoms with Crippen LogP contribution in [0, 0.1) is 5.82 Å². The van der Waals surface area contributed by atoms with Crippen LogP contribution in [0.3, 0.4) is 0 Å². The summed E-state index contributed by atoms with van der Waals surface area (Å²) >= 11 is 0. The fourth-order valence-electron chi connectivity index (χ4n) is 4.97. The highest BCUT2D eigenvalue weighted by Gasteiger charge is 2.44. The number of hydrogen-bond donors (Lipinski definition) is 1. The van der Waals surface area contributed by atoms with Crippen LogP contribution >= 0.6 is 0 Å². The predicted molar refractivity (Wildman–Crippen MR) is 113 cm³/mol. The van der Waals surface area contributed by atoms with E-state index >= 15 is 0 Å². The van der Waals surface area contributed by atoms with E-state index in [1.807, 2.05) is 12.1 Å². The van der Waals surface area contributed by atoms with Gasteiger partial charge in [0, 0.05) is 25.6 Å². The minimum Gasteiger partial charge on any atom is -0.469 e. The van der Waals surface area contributed by atoms with E-state index in [9.17, 15) is 9.18 Å². The summed E-state index contributed by atoms with van der Waals surface area (Å²) < 4.78 is 24.5. The average Bonchev–Trinajstić information content (AvgIpc) is 3.33. The number of nitrogens with one attached hydrogen (secondary N) is 1. The molecule has 2 heterocycles. The van der Waals surface area contributed by atoms with Gasteiger partial charge in [0.2, 0.25) is 5.91 Å². The number of halogens is 1. The zero-order valence-electron chi connectivity index (χ0n) is 17.4. The molecular weight excluding hydrogens is 383 g/mol. The van der Waals surface area contributed by atoms with E-state index in [2.05, 4.69) is 10.2 Å². The third kappa shape index (κ3) is 4.60. The third-order valence-corrected chi connectivity index (χ3v) is 6.60. The molecule has 5 nitrogen and oxygen atoms in total. The summed E-state index contributed by atoms with van der Waals surface area (Å²) in [5, 5.41) is 3.23. The first kappa shape index (κ1) is 21.1. The second-order valence-electron chi connectivity index (χ2n) is 8.36. The number of benzene rings is 1. The molecule has 2 aromatic rings. The zero-order valence-corrected chi connectivity index (χ0v) is 17.4. The van der Waals surface area contributed by atoms with Gasteiger partial charge in [0.05, 0.1) is 19.5 Å². The number of carbonyl (C=O) groups excluding carboxylic acids is 1. The van der Waals surface area contributed by atoms with Crippen LogP contribution in [0.15, 0.2) is 47.1 Å². The number of amides is 1. The highest BCUT2D eigenvalue weighted by Crippen LogP contribution is 2.35. The molecule has 1 aliphatic carbocycles. The van der Waals surface area contributed by atoms with Gasteiger partial charge in [-0.25, -0.2) is 4.39 Å². The Morgan fingerprint density at radius 1 is 1.10 bits per heavy atom. The Kier molecular flexibility index (Phi) is 6.85. The lowest BCUT2D eigenvalue weighted by Crippen LogP contribution is -2.62. The molecule has 0 spiro atoms. The van der Waals surface area contributed by atoms with Gasteiger partial charge in [-0.05, 0) is 49.1 Å². The normalized spacial score (nSPS) is 20.6. The molecule has 162 valence electrons. The Balaban J connectivity index is 1.43. The van der Waals surface area contributed by atoms with Gasteiger partial charge in [-0.1, -0.05) is 31.4 Å². The monoisotopic (exact) mass is 414 g/mol. The summed E-state index contributed by atoms with van der Waals surface area (Å²) in [4.78, 5) is 15.7. The molecule has 1 aromatic carbocycles. The minimum atomic E-state index is -0.405. The molecule has 0 unspecified atom stereocenters.